The van der Waals surface area contributed by atoms with E-state index in [4.69, 9.17) is 0 Å². The van der Waals surface area contributed by atoms with Crippen molar-refractivity contribution in [1.29, 1.82) is 0 Å². The van der Waals surface area contributed by atoms with Crippen LogP contribution in [0.15, 0.2) is 0 Å². The Labute approximate surface area is 94.6 Å². The first kappa shape index (κ1) is 11.4. The molecule has 0 radical (unpaired) electrons. The van der Waals surface area contributed by atoms with E-state index in [1.54, 1.807) is 0 Å². The van der Waals surface area contributed by atoms with Gasteiger partial charge >= 0.3 is 0 Å². The molecule has 0 aromatic heterocycles. The third-order valence-corrected chi connectivity index (χ3v) is 3.37. The molecule has 16 heavy (non-hydrogen) atoms. The Kier molecular flexibility index (Phi) is 3.43. The van der Waals surface area contributed by atoms with Gasteiger partial charge in [-0.25, -0.2) is 0 Å². The topological polar surface area (TPSA) is 78.4 Å². The predicted octanol–water partition coefficient (Wildman–Crippen LogP) is -0.315. The molecule has 2 fully saturated rings. The van der Waals surface area contributed by atoms with Gasteiger partial charge in [-0.15, -0.1) is 0 Å². The minimum absolute atomic E-state index is 0.0654. The van der Waals surface area contributed by atoms with E-state index < -0.39 is 12.1 Å². The van der Waals surface area contributed by atoms with Gasteiger partial charge in [-0.1, -0.05) is 12.8 Å². The summed E-state index contributed by atoms with van der Waals surface area (Å²) < 4.78 is 0. The van der Waals surface area contributed by atoms with Crippen LogP contribution in [0.25, 0.3) is 0 Å². The van der Waals surface area contributed by atoms with Gasteiger partial charge in [0, 0.05) is 6.42 Å². The molecule has 0 aromatic rings. The second kappa shape index (κ2) is 4.82. The molecule has 1 aliphatic carbocycles. The molecule has 0 bridgehead atoms. The molecule has 0 spiro atoms. The van der Waals surface area contributed by atoms with Gasteiger partial charge in [0.25, 0.3) is 0 Å². The Morgan fingerprint density at radius 1 is 1.31 bits per heavy atom. The van der Waals surface area contributed by atoms with Gasteiger partial charge in [-0.2, -0.15) is 0 Å². The van der Waals surface area contributed by atoms with Gasteiger partial charge in [-0.3, -0.25) is 9.59 Å². The van der Waals surface area contributed by atoms with Crippen LogP contribution in [0.3, 0.4) is 0 Å². The van der Waals surface area contributed by atoms with Crippen molar-refractivity contribution in [3.8, 4) is 0 Å². The molecule has 0 unspecified atom stereocenters. The Balaban J connectivity index is 1.84. The van der Waals surface area contributed by atoms with Crippen molar-refractivity contribution < 1.29 is 14.7 Å². The molecular formula is C11H18N2O3. The van der Waals surface area contributed by atoms with E-state index in [1.165, 1.54) is 0 Å². The maximum Gasteiger partial charge on any atom is 0.242 e. The van der Waals surface area contributed by atoms with E-state index in [0.717, 1.165) is 25.7 Å². The molecule has 3 N–H and O–H groups in total. The van der Waals surface area contributed by atoms with Crippen molar-refractivity contribution in [1.82, 2.24) is 10.6 Å². The molecule has 90 valence electrons. The van der Waals surface area contributed by atoms with Gasteiger partial charge in [0.1, 0.15) is 6.04 Å². The summed E-state index contributed by atoms with van der Waals surface area (Å²) in [6, 6.07) is -0.541. The molecular weight excluding hydrogens is 208 g/mol. The zero-order chi connectivity index (χ0) is 11.5. The van der Waals surface area contributed by atoms with Crippen molar-refractivity contribution in [2.75, 3.05) is 0 Å². The Morgan fingerprint density at radius 2 is 2.06 bits per heavy atom. The molecule has 1 heterocycles. The van der Waals surface area contributed by atoms with Crippen LogP contribution >= 0.6 is 0 Å². The highest BCUT2D eigenvalue weighted by Gasteiger charge is 2.31. The van der Waals surface area contributed by atoms with Crippen molar-refractivity contribution in [3.05, 3.63) is 0 Å². The number of carbonyl (C=O) groups excluding carboxylic acids is 2. The largest absolute Gasteiger partial charge is 0.391 e. The summed E-state index contributed by atoms with van der Waals surface area (Å²) in [5, 5.41) is 15.2. The molecule has 0 aromatic carbocycles. The van der Waals surface area contributed by atoms with E-state index in [1.807, 2.05) is 0 Å². The summed E-state index contributed by atoms with van der Waals surface area (Å²) in [6.07, 6.45) is 4.19. The molecule has 1 saturated carbocycles. The number of aliphatic hydroxyl groups is 1. The fourth-order valence-corrected chi connectivity index (χ4v) is 2.37. The number of rotatable bonds is 2. The first-order chi connectivity index (χ1) is 7.66. The van der Waals surface area contributed by atoms with Crippen LogP contribution in [0.4, 0.5) is 0 Å². The predicted molar refractivity (Wildman–Crippen MR) is 57.6 cm³/mol. The summed E-state index contributed by atoms with van der Waals surface area (Å²) in [4.78, 5) is 22.7. The first-order valence-corrected chi connectivity index (χ1v) is 5.94. The Hall–Kier alpha value is -1.10. The lowest BCUT2D eigenvalue weighted by Crippen LogP contribution is -2.50. The van der Waals surface area contributed by atoms with E-state index in [2.05, 4.69) is 10.6 Å². The summed E-state index contributed by atoms with van der Waals surface area (Å²) in [5.74, 6) is -0.221. The lowest BCUT2D eigenvalue weighted by atomic mass is 9.92. The zero-order valence-corrected chi connectivity index (χ0v) is 9.24. The van der Waals surface area contributed by atoms with Gasteiger partial charge in [-0.05, 0) is 19.3 Å². The second-order valence-corrected chi connectivity index (χ2v) is 4.63. The third kappa shape index (κ3) is 2.52. The number of hydrogen-bond acceptors (Lipinski definition) is 3. The van der Waals surface area contributed by atoms with E-state index in [0.29, 0.717) is 12.8 Å². The van der Waals surface area contributed by atoms with Crippen molar-refractivity contribution in [2.24, 2.45) is 0 Å². The number of nitrogens with one attached hydrogen (secondary N) is 2. The average Bonchev–Trinajstić information content (AvgIpc) is 2.68. The molecule has 1 aliphatic heterocycles. The Morgan fingerprint density at radius 3 is 2.69 bits per heavy atom. The third-order valence-electron chi connectivity index (χ3n) is 3.37. The van der Waals surface area contributed by atoms with Crippen LogP contribution in [0.2, 0.25) is 0 Å². The normalized spacial score (nSPS) is 34.6. The summed E-state index contributed by atoms with van der Waals surface area (Å²) in [7, 11) is 0. The first-order valence-electron chi connectivity index (χ1n) is 5.94. The minimum Gasteiger partial charge on any atom is -0.391 e. The maximum absolute atomic E-state index is 11.8. The molecule has 5 nitrogen and oxygen atoms in total. The quantitative estimate of drug-likeness (QED) is 0.604. The van der Waals surface area contributed by atoms with Crippen LogP contribution < -0.4 is 10.6 Å². The van der Waals surface area contributed by atoms with E-state index >= 15 is 0 Å². The van der Waals surface area contributed by atoms with Crippen molar-refractivity contribution >= 4 is 11.8 Å². The molecule has 2 aliphatic rings. The molecule has 2 amide bonds. The number of hydrogen-bond donors (Lipinski definition) is 3. The monoisotopic (exact) mass is 226 g/mol. The summed E-state index contributed by atoms with van der Waals surface area (Å²) in [6.45, 7) is 0. The highest BCUT2D eigenvalue weighted by Crippen LogP contribution is 2.18. The van der Waals surface area contributed by atoms with Crippen LogP contribution in [-0.2, 0) is 9.59 Å². The zero-order valence-electron chi connectivity index (χ0n) is 9.24. The van der Waals surface area contributed by atoms with Gasteiger partial charge in [0.05, 0.1) is 12.1 Å². The van der Waals surface area contributed by atoms with Crippen LogP contribution in [0.1, 0.15) is 38.5 Å². The lowest BCUT2D eigenvalue weighted by molar-refractivity contribution is -0.127. The van der Waals surface area contributed by atoms with Gasteiger partial charge < -0.3 is 15.7 Å². The Bertz CT molecular complexity index is 293. The van der Waals surface area contributed by atoms with Crippen LogP contribution in [0.5, 0.6) is 0 Å². The van der Waals surface area contributed by atoms with Gasteiger partial charge in [0.2, 0.25) is 11.8 Å². The molecule has 3 atom stereocenters. The lowest BCUT2D eigenvalue weighted by Gasteiger charge is -2.29. The second-order valence-electron chi connectivity index (χ2n) is 4.63. The van der Waals surface area contributed by atoms with Crippen LogP contribution in [-0.4, -0.2) is 35.1 Å². The fraction of sp³-hybridized carbons (Fsp3) is 0.818. The van der Waals surface area contributed by atoms with E-state index in [9.17, 15) is 14.7 Å². The number of carbonyl (C=O) groups is 2. The number of amides is 2. The molecule has 2 rings (SSSR count). The maximum atomic E-state index is 11.8. The number of aliphatic hydroxyl groups excluding tert-OH is 1. The van der Waals surface area contributed by atoms with Crippen molar-refractivity contribution in [2.45, 2.75) is 56.7 Å². The average molecular weight is 226 g/mol. The fourth-order valence-electron chi connectivity index (χ4n) is 2.37. The summed E-state index contributed by atoms with van der Waals surface area (Å²) >= 11 is 0. The molecule has 1 saturated heterocycles. The standard InChI is InChI=1S/C11H18N2O3/c14-9-4-2-1-3-7(9)13-11(16)8-5-6-10(15)12-8/h7-9,14H,1-6H2,(H,12,15)(H,13,16)/t7-,8+,9-/m0/s1. The highest BCUT2D eigenvalue weighted by atomic mass is 16.3. The van der Waals surface area contributed by atoms with Crippen molar-refractivity contribution in [3.63, 3.8) is 0 Å². The molecule has 5 heteroatoms. The minimum atomic E-state index is -0.435. The highest BCUT2D eigenvalue weighted by molar-refractivity contribution is 5.90. The SMILES string of the molecule is O=C1CC[C@H](C(=O)N[C@H]2CCCC[C@@H]2O)N1. The smallest absolute Gasteiger partial charge is 0.242 e. The van der Waals surface area contributed by atoms with Crippen LogP contribution in [0, 0.1) is 0 Å². The van der Waals surface area contributed by atoms with E-state index in [-0.39, 0.29) is 17.9 Å². The van der Waals surface area contributed by atoms with Gasteiger partial charge in [0.15, 0.2) is 0 Å². The summed E-state index contributed by atoms with van der Waals surface area (Å²) in [5.41, 5.74) is 0.